The van der Waals surface area contributed by atoms with Crippen molar-refractivity contribution in [2.24, 2.45) is 29.1 Å². The fraction of sp³-hybridized carbons (Fsp3) is 0.683. The molecule has 5 fully saturated rings. The summed E-state index contributed by atoms with van der Waals surface area (Å²) in [6.45, 7) is 5.17. The molecule has 1 saturated heterocycles. The molecule has 0 radical (unpaired) electrons. The lowest BCUT2D eigenvalue weighted by Crippen LogP contribution is -2.60. The number of halogens is 2. The van der Waals surface area contributed by atoms with Crippen LogP contribution in [0.3, 0.4) is 0 Å². The molecule has 14 nitrogen and oxygen atoms in total. The Balaban J connectivity index is 1.13. The van der Waals surface area contributed by atoms with E-state index in [0.717, 1.165) is 49.5 Å². The molecule has 6 aliphatic rings. The van der Waals surface area contributed by atoms with Gasteiger partial charge in [0.05, 0.1) is 30.3 Å². The van der Waals surface area contributed by atoms with Gasteiger partial charge in [-0.3, -0.25) is 19.1 Å². The Kier molecular flexibility index (Phi) is 10.5. The number of methoxy groups -OCH3 is 1. The molecule has 2 aromatic rings. The van der Waals surface area contributed by atoms with Crippen molar-refractivity contribution in [3.8, 4) is 11.6 Å². The maximum atomic E-state index is 14.8. The summed E-state index contributed by atoms with van der Waals surface area (Å²) in [6, 6.07) is 5.05. The molecule has 1 unspecified atom stereocenters. The van der Waals surface area contributed by atoms with E-state index in [1.165, 1.54) is 4.90 Å². The molecule has 316 valence electrons. The van der Waals surface area contributed by atoms with Gasteiger partial charge in [0.25, 0.3) is 5.91 Å². The van der Waals surface area contributed by atoms with Crippen molar-refractivity contribution in [2.45, 2.75) is 133 Å². The normalized spacial score (nSPS) is 32.7. The smallest absolute Gasteiger partial charge is 0.408 e. The number of ether oxygens (including phenoxy) is 3. The minimum absolute atomic E-state index is 0.111. The zero-order chi connectivity index (χ0) is 41.3. The molecule has 2 aliphatic heterocycles. The largest absolute Gasteiger partial charge is 0.497 e. The number of hydrogen-bond donors (Lipinski definition) is 3. The number of aryl methyl sites for hydroxylation is 1. The number of carbonyl (C=O) groups is 4. The highest BCUT2D eigenvalue weighted by molar-refractivity contribution is 7.91. The SMILES string of the molecule is COc1ccc2cc3c(nc2c1)O[C@@H]1C[C@@H](C(=O)N[C@]2(C(=O)NS(=O)(=O)C4CC4)CC2C(F)F)N(C1)C(=O)[C@H](C(C)(C)C)NC(=O)O[C@@H]1C[C@@H]2C[C@@H]2[C@H]1CCCCC3. The van der Waals surface area contributed by atoms with E-state index >= 15 is 0 Å². The Hall–Kier alpha value is -4.28. The molecule has 1 aromatic heterocycles. The van der Waals surface area contributed by atoms with E-state index in [0.29, 0.717) is 48.2 Å². The van der Waals surface area contributed by atoms with Gasteiger partial charge in [0.15, 0.2) is 0 Å². The first-order valence-electron chi connectivity index (χ1n) is 20.6. The quantitative estimate of drug-likeness (QED) is 0.356. The zero-order valence-electron chi connectivity index (χ0n) is 33.3. The molecule has 4 saturated carbocycles. The van der Waals surface area contributed by atoms with Gasteiger partial charge in [-0.25, -0.2) is 27.0 Å². The van der Waals surface area contributed by atoms with Crippen molar-refractivity contribution >= 4 is 44.7 Å². The summed E-state index contributed by atoms with van der Waals surface area (Å²) in [4.78, 5) is 62.3. The topological polar surface area (TPSA) is 182 Å². The molecule has 4 aliphatic carbocycles. The van der Waals surface area contributed by atoms with Crippen LogP contribution in [0.4, 0.5) is 13.6 Å². The van der Waals surface area contributed by atoms with Gasteiger partial charge in [-0.05, 0) is 92.7 Å². The molecule has 17 heteroatoms. The molecule has 58 heavy (non-hydrogen) atoms. The number of aromatic nitrogens is 1. The Morgan fingerprint density at radius 1 is 1.03 bits per heavy atom. The highest BCUT2D eigenvalue weighted by Gasteiger charge is 2.67. The van der Waals surface area contributed by atoms with Crippen LogP contribution in [0.15, 0.2) is 24.3 Å². The van der Waals surface area contributed by atoms with E-state index in [1.54, 1.807) is 33.9 Å². The highest BCUT2D eigenvalue weighted by Crippen LogP contribution is 2.58. The third-order valence-electron chi connectivity index (χ3n) is 13.1. The number of carbonyl (C=O) groups excluding carboxylic acids is 4. The minimum Gasteiger partial charge on any atom is -0.497 e. The Labute approximate surface area is 336 Å². The summed E-state index contributed by atoms with van der Waals surface area (Å²) in [5.41, 5.74) is -1.62. The van der Waals surface area contributed by atoms with Gasteiger partial charge in [-0.2, -0.15) is 0 Å². The number of hydrogen-bond acceptors (Lipinski definition) is 10. The van der Waals surface area contributed by atoms with Gasteiger partial charge in [-0.15, -0.1) is 0 Å². The lowest BCUT2D eigenvalue weighted by molar-refractivity contribution is -0.143. The maximum Gasteiger partial charge on any atom is 0.408 e. The average Bonchev–Trinajstić information content (AvgIpc) is 4.10. The van der Waals surface area contributed by atoms with Crippen LogP contribution in [-0.2, 0) is 35.6 Å². The van der Waals surface area contributed by atoms with Crippen molar-refractivity contribution in [2.75, 3.05) is 13.7 Å². The fourth-order valence-corrected chi connectivity index (χ4v) is 10.8. The standard InChI is InChI=1S/C41H53F2N5O9S/c1-40(2,3)33-37(50)48-20-25(18-31(48)35(49)46-41(19-29(41)34(42)43)38(51)47-58(53,54)26-12-13-26)56-36-22(14-21-10-11-24(55-4)17-30(21)44-36)8-6-5-7-9-27-28-15-23(28)16-32(27)57-39(52)45-33/h10-11,14,17,23,25-29,31-34H,5-9,12-13,15-16,18-20H2,1-4H3,(H,45,52)(H,46,49)(H,47,51)/t23-,25+,27+,28-,29?,31-,32+,33+,41+/m0/s1. The second-order valence-electron chi connectivity index (χ2n) is 18.3. The molecule has 3 N–H and O–H groups in total. The molecule has 8 rings (SSSR count). The van der Waals surface area contributed by atoms with E-state index in [2.05, 4.69) is 10.6 Å². The van der Waals surface area contributed by atoms with E-state index < -0.39 is 87.0 Å². The number of amides is 4. The Bertz CT molecular complexity index is 2090. The first-order valence-corrected chi connectivity index (χ1v) is 22.1. The predicted octanol–water partition coefficient (Wildman–Crippen LogP) is 4.62. The van der Waals surface area contributed by atoms with Gasteiger partial charge < -0.3 is 29.7 Å². The molecular weight excluding hydrogens is 777 g/mol. The van der Waals surface area contributed by atoms with Crippen molar-refractivity contribution in [1.29, 1.82) is 0 Å². The molecule has 1 aromatic carbocycles. The van der Waals surface area contributed by atoms with Gasteiger partial charge in [0, 0.05) is 23.4 Å². The van der Waals surface area contributed by atoms with E-state index in [-0.39, 0.29) is 25.0 Å². The van der Waals surface area contributed by atoms with E-state index in [9.17, 15) is 36.4 Å². The van der Waals surface area contributed by atoms with Gasteiger partial charge in [0.2, 0.25) is 34.1 Å². The van der Waals surface area contributed by atoms with E-state index in [1.807, 2.05) is 22.9 Å². The lowest BCUT2D eigenvalue weighted by Gasteiger charge is -2.36. The monoisotopic (exact) mass is 829 g/mol. The van der Waals surface area contributed by atoms with Gasteiger partial charge in [0.1, 0.15) is 35.6 Å². The summed E-state index contributed by atoms with van der Waals surface area (Å²) in [6.07, 6.45) is 1.40. The minimum atomic E-state index is -4.13. The van der Waals surface area contributed by atoms with Crippen LogP contribution in [0.1, 0.15) is 90.5 Å². The number of alkyl carbamates (subject to hydrolysis) is 1. The highest BCUT2D eigenvalue weighted by atomic mass is 32.2. The van der Waals surface area contributed by atoms with Crippen LogP contribution >= 0.6 is 0 Å². The summed E-state index contributed by atoms with van der Waals surface area (Å²) in [7, 11) is -2.57. The molecule has 2 bridgehead atoms. The predicted molar refractivity (Wildman–Crippen MR) is 206 cm³/mol. The van der Waals surface area contributed by atoms with Crippen LogP contribution in [0, 0.1) is 29.1 Å². The lowest BCUT2D eigenvalue weighted by atomic mass is 9.85. The van der Waals surface area contributed by atoms with Gasteiger partial charge >= 0.3 is 6.09 Å². The summed E-state index contributed by atoms with van der Waals surface area (Å²) in [5.74, 6) is -2.24. The number of sulfonamides is 1. The third kappa shape index (κ3) is 8.03. The molecule has 9 atom stereocenters. The summed E-state index contributed by atoms with van der Waals surface area (Å²) >= 11 is 0. The van der Waals surface area contributed by atoms with Crippen LogP contribution in [0.25, 0.3) is 10.9 Å². The molecular formula is C41H53F2N5O9S. The number of alkyl halides is 2. The second kappa shape index (κ2) is 15.1. The molecule has 4 amide bonds. The Morgan fingerprint density at radius 2 is 1.81 bits per heavy atom. The van der Waals surface area contributed by atoms with E-state index in [4.69, 9.17) is 19.2 Å². The zero-order valence-corrected chi connectivity index (χ0v) is 34.1. The molecule has 0 spiro atoms. The fourth-order valence-electron chi connectivity index (χ4n) is 9.48. The molecule has 3 heterocycles. The van der Waals surface area contributed by atoms with Crippen molar-refractivity contribution < 1.29 is 50.6 Å². The van der Waals surface area contributed by atoms with Crippen LogP contribution < -0.4 is 24.8 Å². The first kappa shape index (κ1) is 40.5. The second-order valence-corrected chi connectivity index (χ2v) is 20.3. The number of rotatable bonds is 7. The first-order chi connectivity index (χ1) is 27.5. The average molecular weight is 830 g/mol. The summed E-state index contributed by atoms with van der Waals surface area (Å²) in [5, 5.41) is 5.35. The van der Waals surface area contributed by atoms with Crippen molar-refractivity contribution in [1.82, 2.24) is 25.2 Å². The number of pyridine rings is 1. The maximum absolute atomic E-state index is 14.8. The van der Waals surface area contributed by atoms with Gasteiger partial charge in [-0.1, -0.05) is 33.6 Å². The Morgan fingerprint density at radius 3 is 2.50 bits per heavy atom. The van der Waals surface area contributed by atoms with Crippen LogP contribution in [-0.4, -0.2) is 97.3 Å². The number of fused-ring (bicyclic) bond motifs is 7. The van der Waals surface area contributed by atoms with Crippen molar-refractivity contribution in [3.05, 3.63) is 29.8 Å². The summed E-state index contributed by atoms with van der Waals surface area (Å²) < 4.78 is 73.9. The van der Waals surface area contributed by atoms with Crippen LogP contribution in [0.5, 0.6) is 11.6 Å². The number of benzene rings is 1. The van der Waals surface area contributed by atoms with Crippen molar-refractivity contribution in [3.63, 3.8) is 0 Å². The number of nitrogens with one attached hydrogen (secondary N) is 3. The third-order valence-corrected chi connectivity index (χ3v) is 14.9. The number of nitrogens with zero attached hydrogens (tertiary/aromatic N) is 2. The van der Waals surface area contributed by atoms with Crippen LogP contribution in [0.2, 0.25) is 0 Å².